The Morgan fingerprint density at radius 2 is 1.58 bits per heavy atom. The average Bonchev–Trinajstić information content (AvgIpc) is 3.11. The van der Waals surface area contributed by atoms with Crippen molar-refractivity contribution in [3.8, 4) is 0 Å². The summed E-state index contributed by atoms with van der Waals surface area (Å²) in [5, 5.41) is 2.83. The van der Waals surface area contributed by atoms with E-state index in [9.17, 15) is 22.8 Å². The number of nitrogens with zero attached hydrogens (tertiary/aromatic N) is 2. The highest BCUT2D eigenvalue weighted by atomic mass is 32.2. The summed E-state index contributed by atoms with van der Waals surface area (Å²) in [6.45, 7) is 4.02. The number of hydrogen-bond acceptors (Lipinski definition) is 5. The van der Waals surface area contributed by atoms with Crippen LogP contribution in [0.25, 0.3) is 0 Å². The molecule has 1 N–H and O–H groups in total. The van der Waals surface area contributed by atoms with Crippen LogP contribution in [-0.4, -0.2) is 54.5 Å². The highest BCUT2D eigenvalue weighted by Gasteiger charge is 2.41. The Morgan fingerprint density at radius 1 is 0.921 bits per heavy atom. The monoisotopic (exact) mass is 533 g/mol. The van der Waals surface area contributed by atoms with Crippen molar-refractivity contribution in [2.75, 3.05) is 13.1 Å². The number of nitrogens with one attached hydrogen (secondary N) is 1. The molecule has 1 aliphatic rings. The van der Waals surface area contributed by atoms with Gasteiger partial charge in [-0.25, -0.2) is 12.7 Å². The molecule has 0 saturated heterocycles. The quantitative estimate of drug-likeness (QED) is 0.431. The molecule has 3 aromatic rings. The second-order valence-electron chi connectivity index (χ2n) is 9.24. The topological polar surface area (TPSA) is 104 Å². The van der Waals surface area contributed by atoms with Crippen LogP contribution >= 0.6 is 0 Å². The van der Waals surface area contributed by atoms with Gasteiger partial charge in [-0.1, -0.05) is 72.3 Å². The van der Waals surface area contributed by atoms with E-state index in [1.54, 1.807) is 12.1 Å². The Morgan fingerprint density at radius 3 is 2.24 bits per heavy atom. The van der Waals surface area contributed by atoms with Gasteiger partial charge in [0.25, 0.3) is 15.9 Å². The van der Waals surface area contributed by atoms with Crippen LogP contribution in [0.1, 0.15) is 40.4 Å². The van der Waals surface area contributed by atoms with Crippen molar-refractivity contribution in [2.24, 2.45) is 0 Å². The van der Waals surface area contributed by atoms with Gasteiger partial charge >= 0.3 is 0 Å². The minimum absolute atomic E-state index is 0.0572. The Bertz CT molecular complexity index is 1420. The number of hydrogen-bond donors (Lipinski definition) is 1. The molecule has 9 heteroatoms. The Labute approximate surface area is 223 Å². The number of amides is 3. The predicted molar refractivity (Wildman–Crippen MR) is 144 cm³/mol. The third-order valence-electron chi connectivity index (χ3n) is 6.54. The zero-order valence-corrected chi connectivity index (χ0v) is 22.3. The van der Waals surface area contributed by atoms with Gasteiger partial charge in [0, 0.05) is 32.5 Å². The highest BCUT2D eigenvalue weighted by molar-refractivity contribution is 7.90. The lowest BCUT2D eigenvalue weighted by Gasteiger charge is -2.32. The zero-order chi connectivity index (χ0) is 27.3. The summed E-state index contributed by atoms with van der Waals surface area (Å²) < 4.78 is 26.7. The molecule has 0 fully saturated rings. The van der Waals surface area contributed by atoms with Crippen LogP contribution in [0.15, 0.2) is 83.8 Å². The van der Waals surface area contributed by atoms with Gasteiger partial charge in [-0.2, -0.15) is 0 Å². The molecule has 0 spiro atoms. The molecule has 4 rings (SSSR count). The number of carbonyl (C=O) groups excluding carboxylic acids is 3. The summed E-state index contributed by atoms with van der Waals surface area (Å²) in [7, 11) is -4.04. The molecule has 1 aliphatic heterocycles. The van der Waals surface area contributed by atoms with Gasteiger partial charge in [-0.15, -0.1) is 0 Å². The standard InChI is InChI=1S/C29H31N3O5S/c1-3-30-28(34)25(19-22-9-5-4-6-10-22)31(20-23-15-13-21(2)14-16-23)27(33)17-18-32-29(35)24-11-7-8-12-26(24)38(32,36)37/h4-16,25H,3,17-20H2,1-2H3,(H,30,34). The van der Waals surface area contributed by atoms with Crippen LogP contribution in [-0.2, 0) is 32.6 Å². The molecular weight excluding hydrogens is 502 g/mol. The van der Waals surface area contributed by atoms with E-state index in [-0.39, 0.29) is 42.3 Å². The predicted octanol–water partition coefficient (Wildman–Crippen LogP) is 3.31. The fourth-order valence-electron chi connectivity index (χ4n) is 4.53. The van der Waals surface area contributed by atoms with E-state index in [0.29, 0.717) is 6.54 Å². The van der Waals surface area contributed by atoms with E-state index in [0.717, 1.165) is 21.0 Å². The minimum atomic E-state index is -4.04. The van der Waals surface area contributed by atoms with Gasteiger partial charge in [0.15, 0.2) is 0 Å². The zero-order valence-electron chi connectivity index (χ0n) is 21.5. The summed E-state index contributed by atoms with van der Waals surface area (Å²) in [5.41, 5.74) is 2.89. The summed E-state index contributed by atoms with van der Waals surface area (Å²) in [6.07, 6.45) is 0.0339. The van der Waals surface area contributed by atoms with Crippen LogP contribution in [0, 0.1) is 6.92 Å². The van der Waals surface area contributed by atoms with E-state index in [4.69, 9.17) is 0 Å². The van der Waals surface area contributed by atoms with Crippen molar-refractivity contribution in [3.63, 3.8) is 0 Å². The average molecular weight is 534 g/mol. The summed E-state index contributed by atoms with van der Waals surface area (Å²) in [5.74, 6) is -1.37. The molecule has 0 bridgehead atoms. The number of benzene rings is 3. The lowest BCUT2D eigenvalue weighted by Crippen LogP contribution is -2.51. The fraction of sp³-hybridized carbons (Fsp3) is 0.276. The number of likely N-dealkylation sites (N-methyl/N-ethyl adjacent to an activating group) is 1. The minimum Gasteiger partial charge on any atom is -0.355 e. The highest BCUT2D eigenvalue weighted by Crippen LogP contribution is 2.30. The first kappa shape index (κ1) is 27.1. The van der Waals surface area contributed by atoms with E-state index in [1.165, 1.54) is 17.0 Å². The molecule has 1 atom stereocenters. The third kappa shape index (κ3) is 5.78. The van der Waals surface area contributed by atoms with E-state index in [2.05, 4.69) is 5.32 Å². The van der Waals surface area contributed by atoms with Gasteiger partial charge in [0.05, 0.1) is 5.56 Å². The molecule has 0 saturated carbocycles. The van der Waals surface area contributed by atoms with Gasteiger partial charge in [-0.3, -0.25) is 14.4 Å². The van der Waals surface area contributed by atoms with Crippen molar-refractivity contribution < 1.29 is 22.8 Å². The molecule has 0 aliphatic carbocycles. The smallest absolute Gasteiger partial charge is 0.269 e. The van der Waals surface area contributed by atoms with Crippen LogP contribution < -0.4 is 5.32 Å². The number of rotatable bonds is 10. The van der Waals surface area contributed by atoms with Gasteiger partial charge in [-0.05, 0) is 37.1 Å². The van der Waals surface area contributed by atoms with Crippen LogP contribution in [0.3, 0.4) is 0 Å². The number of aryl methyl sites for hydroxylation is 1. The van der Waals surface area contributed by atoms with Crippen LogP contribution in [0.2, 0.25) is 0 Å². The van der Waals surface area contributed by atoms with E-state index < -0.39 is 27.9 Å². The van der Waals surface area contributed by atoms with Gasteiger partial charge in [0.1, 0.15) is 10.9 Å². The Balaban J connectivity index is 1.62. The first-order chi connectivity index (χ1) is 18.2. The Kier molecular flexibility index (Phi) is 8.26. The molecule has 1 heterocycles. The van der Waals surface area contributed by atoms with Crippen LogP contribution in [0.5, 0.6) is 0 Å². The van der Waals surface area contributed by atoms with Gasteiger partial charge in [0.2, 0.25) is 11.8 Å². The summed E-state index contributed by atoms with van der Waals surface area (Å²) in [6, 6.07) is 22.3. The first-order valence-electron chi connectivity index (χ1n) is 12.5. The van der Waals surface area contributed by atoms with Crippen molar-refractivity contribution in [2.45, 2.75) is 44.2 Å². The molecule has 8 nitrogen and oxygen atoms in total. The maximum atomic E-state index is 13.7. The second-order valence-corrected chi connectivity index (χ2v) is 11.1. The molecule has 0 radical (unpaired) electrons. The molecule has 1 unspecified atom stereocenters. The van der Waals surface area contributed by atoms with Crippen molar-refractivity contribution in [3.05, 3.63) is 101 Å². The molecule has 38 heavy (non-hydrogen) atoms. The molecule has 198 valence electrons. The summed E-state index contributed by atoms with van der Waals surface area (Å²) >= 11 is 0. The van der Waals surface area contributed by atoms with E-state index in [1.807, 2.05) is 68.4 Å². The molecule has 0 aromatic heterocycles. The normalized spacial score (nSPS) is 14.6. The first-order valence-corrected chi connectivity index (χ1v) is 14.0. The molecular formula is C29H31N3O5S. The van der Waals surface area contributed by atoms with Crippen molar-refractivity contribution >= 4 is 27.7 Å². The largest absolute Gasteiger partial charge is 0.355 e. The Hall–Kier alpha value is -3.98. The van der Waals surface area contributed by atoms with Crippen molar-refractivity contribution in [1.29, 1.82) is 0 Å². The van der Waals surface area contributed by atoms with E-state index >= 15 is 0 Å². The molecule has 3 aromatic carbocycles. The number of fused-ring (bicyclic) bond motifs is 1. The number of carbonyl (C=O) groups is 3. The lowest BCUT2D eigenvalue weighted by molar-refractivity contribution is -0.141. The third-order valence-corrected chi connectivity index (χ3v) is 8.38. The fourth-order valence-corrected chi connectivity index (χ4v) is 6.10. The van der Waals surface area contributed by atoms with Crippen molar-refractivity contribution in [1.82, 2.24) is 14.5 Å². The van der Waals surface area contributed by atoms with Gasteiger partial charge < -0.3 is 10.2 Å². The molecule has 3 amide bonds. The lowest BCUT2D eigenvalue weighted by atomic mass is 10.0. The second kappa shape index (κ2) is 11.6. The maximum absolute atomic E-state index is 13.7. The maximum Gasteiger partial charge on any atom is 0.269 e. The summed E-state index contributed by atoms with van der Waals surface area (Å²) in [4.78, 5) is 41.2. The van der Waals surface area contributed by atoms with Crippen LogP contribution in [0.4, 0.5) is 0 Å². The number of sulfonamides is 1. The SMILES string of the molecule is CCNC(=O)C(Cc1ccccc1)N(Cc1ccc(C)cc1)C(=O)CCN1C(=O)c2ccccc2S1(=O)=O.